The molecule has 614 valence electrons. The molecule has 0 spiro atoms. The molecular weight excluding hydrogens is 1470 g/mol. The van der Waals surface area contributed by atoms with E-state index >= 15 is 0 Å². The van der Waals surface area contributed by atoms with Gasteiger partial charge in [-0.25, -0.2) is 14.2 Å². The Morgan fingerprint density at radius 1 is 0.725 bits per heavy atom. The fraction of sp³-hybridized carbons (Fsp3) is 0.725. The van der Waals surface area contributed by atoms with Gasteiger partial charge < -0.3 is 141 Å². The number of hydrogen-bond acceptors (Lipinski definition) is 31. The maximum atomic E-state index is 14.1. The van der Waals surface area contributed by atoms with E-state index in [-0.39, 0.29) is 36.0 Å². The first kappa shape index (κ1) is 92.0. The van der Waals surface area contributed by atoms with Crippen molar-refractivity contribution < 1.29 is 160 Å². The fourth-order valence-corrected chi connectivity index (χ4v) is 13.5. The smallest absolute Gasteiger partial charge is 0.474 e. The summed E-state index contributed by atoms with van der Waals surface area (Å²) in [6, 6.07) is -3.98. The minimum atomic E-state index is -5.85. The van der Waals surface area contributed by atoms with E-state index in [4.69, 9.17) is 80.5 Å². The van der Waals surface area contributed by atoms with Crippen molar-refractivity contribution in [3.63, 3.8) is 0 Å². The third-order valence-electron chi connectivity index (χ3n) is 19.0. The Hall–Kier alpha value is -5.90. The number of carboxylic acids is 1. The molecular formula is C69H107BN5O33P. The first-order chi connectivity index (χ1) is 50.9. The van der Waals surface area contributed by atoms with E-state index < -0.39 is 228 Å². The summed E-state index contributed by atoms with van der Waals surface area (Å²) >= 11 is 0. The number of ether oxygens (including phenoxy) is 11. The van der Waals surface area contributed by atoms with E-state index in [1.54, 1.807) is 13.0 Å². The molecule has 5 saturated heterocycles. The number of carbonyl (C=O) groups is 7. The molecule has 0 aromatic carbocycles. The lowest BCUT2D eigenvalue weighted by molar-refractivity contribution is -0.375. The van der Waals surface area contributed by atoms with E-state index in [1.807, 2.05) is 6.08 Å². The molecule has 19 N–H and O–H groups in total. The standard InChI is InChI=1S/C69H107BN5O33P/c1-30(2)15-14-17-31(3)18-19-33(5)22-25-68(9,10)24-13-12-16-32(4)23-26-96-41(61(90)91)29-98-109(94,95)108-66-56(57(107-67(72)92)69(11,93)58(106-66)59(71)88)105-63-44(74-36(8)78)47(82)54(40(101-63)28-97-64-51(86)48(83)45(80)39(27-76)100-64)103-62-43(73-35(7)77)46(81)53(34(6)99-62)102-65-52(87)49(84)50(85)55(104-65)60(89)75-42-37(70)20-21-38(42)79/h13,15,18,23-24,34,39-41,43-58,62-66,76,80-87,93H,5,12,14,16-17,19-22,25-29H2,1-4,6-11H3,(H2,71,88)(H2,72,92)(H,73,77)(H,74,78)(H,75,89)(H,90,91)(H,94,95)/b24-13+,31-18+,32-23-/t34?,39?,40?,41-,43?,44?,45-,46-,47-,48+,49?,50-,51?,52+,53-,54-,55?,56?,57-,58?,62+,63+,64-,65-,66-,69+/m1/s1. The maximum absolute atomic E-state index is 14.1. The van der Waals surface area contributed by atoms with Gasteiger partial charge in [0.1, 0.15) is 98.8 Å². The molecule has 109 heavy (non-hydrogen) atoms. The second kappa shape index (κ2) is 40.7. The van der Waals surface area contributed by atoms with Gasteiger partial charge in [-0.2, -0.15) is 0 Å². The van der Waals surface area contributed by atoms with Crippen molar-refractivity contribution in [3.05, 3.63) is 70.4 Å². The lowest BCUT2D eigenvalue weighted by Gasteiger charge is -2.52. The summed E-state index contributed by atoms with van der Waals surface area (Å²) in [6.45, 7) is 16.8. The topological polar surface area (TPSA) is 587 Å². The Morgan fingerprint density at radius 3 is 1.89 bits per heavy atom. The van der Waals surface area contributed by atoms with Crippen LogP contribution in [0, 0.1) is 5.41 Å². The molecule has 2 radical (unpaired) electrons. The number of aliphatic hydroxyl groups excluding tert-OH is 9. The molecule has 5 fully saturated rings. The van der Waals surface area contributed by atoms with Crippen LogP contribution in [0.4, 0.5) is 4.79 Å². The van der Waals surface area contributed by atoms with Crippen LogP contribution in [0.2, 0.25) is 0 Å². The van der Waals surface area contributed by atoms with E-state index in [0.717, 1.165) is 64.0 Å². The number of rotatable bonds is 37. The highest BCUT2D eigenvalue weighted by Crippen LogP contribution is 2.49. The minimum Gasteiger partial charge on any atom is -0.479 e. The van der Waals surface area contributed by atoms with Gasteiger partial charge in [0, 0.05) is 20.3 Å². The molecule has 5 amide bonds. The zero-order valence-electron chi connectivity index (χ0n) is 62.3. The van der Waals surface area contributed by atoms with Gasteiger partial charge in [-0.15, -0.1) is 0 Å². The quantitative estimate of drug-likeness (QED) is 0.0175. The molecule has 0 bridgehead atoms. The molecule has 6 aliphatic rings. The third kappa shape index (κ3) is 25.6. The summed E-state index contributed by atoms with van der Waals surface area (Å²) in [7, 11) is 0.0365. The number of nitrogens with one attached hydrogen (secondary N) is 3. The molecule has 0 aromatic rings. The van der Waals surface area contributed by atoms with Gasteiger partial charge in [-0.3, -0.25) is 33.0 Å². The monoisotopic (exact) mass is 1580 g/mol. The van der Waals surface area contributed by atoms with Crippen LogP contribution in [-0.4, -0.2) is 296 Å². The molecule has 5 heterocycles. The lowest BCUT2D eigenvalue weighted by Crippen LogP contribution is -2.72. The van der Waals surface area contributed by atoms with Crippen molar-refractivity contribution in [2.45, 2.75) is 286 Å². The number of phosphoric acid groups is 1. The van der Waals surface area contributed by atoms with Gasteiger partial charge in [0.2, 0.25) is 17.7 Å². The molecule has 38 nitrogen and oxygen atoms in total. The molecule has 1 aliphatic carbocycles. The number of aliphatic carboxylic acids is 1. The van der Waals surface area contributed by atoms with Crippen LogP contribution in [0.3, 0.4) is 0 Å². The predicted octanol–water partition coefficient (Wildman–Crippen LogP) is -2.42. The van der Waals surface area contributed by atoms with Gasteiger partial charge in [0.05, 0.1) is 38.2 Å². The van der Waals surface area contributed by atoms with Crippen LogP contribution in [-0.2, 0) is 94.5 Å². The highest BCUT2D eigenvalue weighted by Gasteiger charge is 2.62. The lowest BCUT2D eigenvalue weighted by atomic mass is 9.85. The number of carbonyl (C=O) groups excluding carboxylic acids is 6. The SMILES string of the molecule is [B]C1=C(NC(=O)C2O[C@@H](O[C@@H]3C(C)O[C@@H](O[C@@H]4C(CO[C@@H]5OC(CO)[C@@H](O)[C@H](O)C5O)O[C@@H](OC5[C@@H](OP(=O)(O)OC[C@@H](OC/C=C(/C)CC/C=C/C(C)(C)CCC(=C)C/C=C(\C)CCC=C(C)C)C(=O)O)OC(C(N)=O)[C@@](C)(O)[C@@H]5OC(N)=O)C(NC(C)=O)[C@H]4O)C(NC(C)=O)[C@H]3O)[C@@H](O)C(O)[C@H]2O)C(=O)CC1. The Balaban J connectivity index is 1.25. The summed E-state index contributed by atoms with van der Waals surface area (Å²) in [4.78, 5) is 102. The summed E-state index contributed by atoms with van der Waals surface area (Å²) in [5.74, 6) is -6.94. The van der Waals surface area contributed by atoms with Crippen LogP contribution < -0.4 is 27.4 Å². The number of ketones is 1. The number of Topliss-reactive ketones (excluding diaryl/α,β-unsaturated/α-hetero) is 1. The van der Waals surface area contributed by atoms with E-state index in [0.29, 0.717) is 12.8 Å². The summed E-state index contributed by atoms with van der Waals surface area (Å²) in [6.07, 6.45) is -34.7. The first-order valence-electron chi connectivity index (χ1n) is 35.4. The van der Waals surface area contributed by atoms with Crippen LogP contribution in [0.1, 0.15) is 127 Å². The van der Waals surface area contributed by atoms with Gasteiger partial charge in [-0.05, 0) is 98.3 Å². The van der Waals surface area contributed by atoms with Crippen molar-refractivity contribution in [1.29, 1.82) is 0 Å². The molecule has 5 aliphatic heterocycles. The zero-order valence-corrected chi connectivity index (χ0v) is 63.2. The number of allylic oxidation sites excluding steroid dienone is 10. The van der Waals surface area contributed by atoms with Gasteiger partial charge in [0.25, 0.3) is 5.91 Å². The van der Waals surface area contributed by atoms with Crippen molar-refractivity contribution in [2.24, 2.45) is 16.9 Å². The fourth-order valence-electron chi connectivity index (χ4n) is 12.7. The van der Waals surface area contributed by atoms with Crippen LogP contribution in [0.5, 0.6) is 0 Å². The summed E-state index contributed by atoms with van der Waals surface area (Å²) < 4.78 is 89.0. The van der Waals surface area contributed by atoms with Gasteiger partial charge in [-0.1, -0.05) is 78.6 Å². The van der Waals surface area contributed by atoms with Gasteiger partial charge >= 0.3 is 19.9 Å². The van der Waals surface area contributed by atoms with Crippen LogP contribution >= 0.6 is 7.82 Å². The van der Waals surface area contributed by atoms with E-state index in [2.05, 4.69) is 75.4 Å². The summed E-state index contributed by atoms with van der Waals surface area (Å²) in [5.41, 5.74) is 12.3. The number of hydrogen-bond donors (Lipinski definition) is 17. The third-order valence-corrected chi connectivity index (χ3v) is 19.9. The minimum absolute atomic E-state index is 0.00414. The first-order valence-corrected chi connectivity index (χ1v) is 36.9. The normalized spacial score (nSPS) is 35.6. The van der Waals surface area contributed by atoms with Crippen LogP contribution in [0.25, 0.3) is 0 Å². The van der Waals surface area contributed by atoms with Gasteiger partial charge in [0.15, 0.2) is 67.8 Å². The maximum Gasteiger partial charge on any atom is 0.474 e. The highest BCUT2D eigenvalue weighted by molar-refractivity contribution is 7.47. The zero-order chi connectivity index (χ0) is 81.5. The number of phosphoric ester groups is 1. The van der Waals surface area contributed by atoms with E-state index in [1.165, 1.54) is 18.1 Å². The number of carboxylic acid groups (broad SMARTS) is 1. The number of primary amides is 2. The second-order valence-corrected chi connectivity index (χ2v) is 30.3. The Bertz CT molecular complexity index is 3370. The number of nitrogens with two attached hydrogens (primary N) is 2. The van der Waals surface area contributed by atoms with Crippen molar-refractivity contribution in [3.8, 4) is 0 Å². The molecule has 0 aromatic heterocycles. The second-order valence-electron chi connectivity index (χ2n) is 28.9. The van der Waals surface area contributed by atoms with E-state index in [9.17, 15) is 99.2 Å². The number of amides is 5. The number of aliphatic hydroxyl groups is 10. The molecule has 0 saturated carbocycles. The Labute approximate surface area is 631 Å². The molecule has 27 atom stereocenters. The Kier molecular flexibility index (Phi) is 34.4. The molecule has 40 heteroatoms. The van der Waals surface area contributed by atoms with Crippen molar-refractivity contribution in [1.82, 2.24) is 16.0 Å². The average Bonchev–Trinajstić information content (AvgIpc) is 1.11. The largest absolute Gasteiger partial charge is 0.479 e. The molecule has 6 rings (SSSR count). The Morgan fingerprint density at radius 2 is 1.30 bits per heavy atom. The van der Waals surface area contributed by atoms with Crippen molar-refractivity contribution >= 4 is 57.1 Å². The highest BCUT2D eigenvalue weighted by atomic mass is 31.2. The summed E-state index contributed by atoms with van der Waals surface area (Å²) in [5, 5.41) is 129. The van der Waals surface area contributed by atoms with Crippen LogP contribution in [0.15, 0.2) is 70.4 Å². The average molecular weight is 1580 g/mol. The molecule has 11 unspecified atom stereocenters. The predicted molar refractivity (Wildman–Crippen MR) is 375 cm³/mol. The van der Waals surface area contributed by atoms with Crippen molar-refractivity contribution in [2.75, 3.05) is 26.4 Å².